The summed E-state index contributed by atoms with van der Waals surface area (Å²) in [6.07, 6.45) is 0. The highest BCUT2D eigenvalue weighted by Gasteiger charge is 2.32. The van der Waals surface area contributed by atoms with E-state index in [1.54, 1.807) is 61.7 Å². The number of hydrogen-bond acceptors (Lipinski definition) is 2. The average Bonchev–Trinajstić information content (AvgIpc) is 2.47. The number of hydrogen-bond donors (Lipinski definition) is 1. The Morgan fingerprint density at radius 2 is 1.68 bits per heavy atom. The molecule has 0 heterocycles. The topological polar surface area (TPSA) is 46.5 Å². The summed E-state index contributed by atoms with van der Waals surface area (Å²) in [5.74, 6) is 0.681. The Labute approximate surface area is 117 Å². The van der Waals surface area contributed by atoms with Crippen LogP contribution in [0.3, 0.4) is 0 Å². The summed E-state index contributed by atoms with van der Waals surface area (Å²) in [5.41, 5.74) is 0.595. The summed E-state index contributed by atoms with van der Waals surface area (Å²) in [4.78, 5) is 10.2. The Balaban J connectivity index is 2.32. The lowest BCUT2D eigenvalue weighted by Gasteiger charge is -2.18. The largest absolute Gasteiger partial charge is 0.497 e. The van der Waals surface area contributed by atoms with Crippen LogP contribution in [0, 0.1) is 0 Å². The minimum Gasteiger partial charge on any atom is -0.497 e. The van der Waals surface area contributed by atoms with Crippen LogP contribution in [0.4, 0.5) is 0 Å². The van der Waals surface area contributed by atoms with E-state index >= 15 is 0 Å². The number of ether oxygens (including phenoxy) is 1. The zero-order chi connectivity index (χ0) is 13.9. The molecule has 2 aromatic carbocycles. The van der Waals surface area contributed by atoms with Crippen LogP contribution in [0.5, 0.6) is 5.75 Å². The van der Waals surface area contributed by atoms with E-state index < -0.39 is 12.5 Å². The molecule has 100 valence electrons. The van der Waals surface area contributed by atoms with Crippen molar-refractivity contribution >= 4 is 24.3 Å². The van der Waals surface area contributed by atoms with Gasteiger partial charge in [-0.1, -0.05) is 30.3 Å². The average molecular weight is 297 g/mol. The third-order valence-corrected chi connectivity index (χ3v) is 5.82. The Hall–Kier alpha value is -1.28. The summed E-state index contributed by atoms with van der Waals surface area (Å²) in [6.45, 7) is 0. The van der Waals surface area contributed by atoms with Crippen LogP contribution in [0.25, 0.3) is 0 Å². The number of benzene rings is 2. The lowest BCUT2D eigenvalue weighted by Crippen LogP contribution is -2.07. The molecular formula is C14H14ClO3P. The highest BCUT2D eigenvalue weighted by Crippen LogP contribution is 2.56. The van der Waals surface area contributed by atoms with Crippen molar-refractivity contribution in [1.29, 1.82) is 0 Å². The van der Waals surface area contributed by atoms with E-state index in [0.717, 1.165) is 0 Å². The summed E-state index contributed by atoms with van der Waals surface area (Å²) in [5, 5.41) is -0.619. The molecule has 1 N–H and O–H groups in total. The molecule has 0 aliphatic rings. The first-order chi connectivity index (χ1) is 9.05. The number of rotatable bonds is 4. The zero-order valence-corrected chi connectivity index (χ0v) is 12.0. The van der Waals surface area contributed by atoms with E-state index in [-0.39, 0.29) is 0 Å². The molecule has 0 amide bonds. The fourth-order valence-corrected chi connectivity index (χ4v) is 3.66. The normalized spacial score (nSPS) is 15.5. The van der Waals surface area contributed by atoms with E-state index in [0.29, 0.717) is 16.6 Å². The van der Waals surface area contributed by atoms with Gasteiger partial charge in [0.1, 0.15) is 10.9 Å². The van der Waals surface area contributed by atoms with Crippen molar-refractivity contribution in [3.05, 3.63) is 60.2 Å². The van der Waals surface area contributed by atoms with Crippen LogP contribution in [0.1, 0.15) is 10.7 Å². The molecule has 2 unspecified atom stereocenters. The van der Waals surface area contributed by atoms with E-state index in [1.807, 2.05) is 0 Å². The second-order valence-corrected chi connectivity index (χ2v) is 7.09. The van der Waals surface area contributed by atoms with Crippen LogP contribution in [-0.4, -0.2) is 12.0 Å². The standard InChI is InChI=1S/C14H14ClO3P/c1-18-12-9-7-11(8-10-12)14(15)19(16,17)13-5-3-2-4-6-13/h2-10,14H,1H3,(H,16,17). The third kappa shape index (κ3) is 3.01. The van der Waals surface area contributed by atoms with Crippen LogP contribution in [-0.2, 0) is 4.57 Å². The van der Waals surface area contributed by atoms with Gasteiger partial charge < -0.3 is 9.63 Å². The molecule has 5 heteroatoms. The summed E-state index contributed by atoms with van der Waals surface area (Å²) >= 11 is 6.17. The van der Waals surface area contributed by atoms with Crippen LogP contribution in [0.2, 0.25) is 0 Å². The number of alkyl halides is 1. The molecule has 0 spiro atoms. The third-order valence-electron chi connectivity index (χ3n) is 2.82. The predicted octanol–water partition coefficient (Wildman–Crippen LogP) is 3.53. The van der Waals surface area contributed by atoms with Gasteiger partial charge in [0.2, 0.25) is 0 Å². The molecule has 0 aromatic heterocycles. The van der Waals surface area contributed by atoms with Gasteiger partial charge in [0.15, 0.2) is 0 Å². The molecule has 2 atom stereocenters. The van der Waals surface area contributed by atoms with Gasteiger partial charge in [-0.3, -0.25) is 4.57 Å². The van der Waals surface area contributed by atoms with Crippen molar-refractivity contribution in [3.8, 4) is 5.75 Å². The monoisotopic (exact) mass is 296 g/mol. The molecule has 0 radical (unpaired) electrons. The number of methoxy groups -OCH3 is 1. The van der Waals surface area contributed by atoms with Crippen molar-refractivity contribution in [3.63, 3.8) is 0 Å². The lowest BCUT2D eigenvalue weighted by atomic mass is 10.2. The maximum absolute atomic E-state index is 12.5. The van der Waals surface area contributed by atoms with E-state index in [4.69, 9.17) is 16.3 Å². The number of halogens is 1. The Morgan fingerprint density at radius 3 is 2.21 bits per heavy atom. The fourth-order valence-electron chi connectivity index (χ4n) is 1.74. The SMILES string of the molecule is COc1ccc(C(Cl)P(=O)(O)c2ccccc2)cc1. The Kier molecular flexibility index (Phi) is 4.31. The predicted molar refractivity (Wildman–Crippen MR) is 77.5 cm³/mol. The van der Waals surface area contributed by atoms with Gasteiger partial charge in [-0.2, -0.15) is 0 Å². The van der Waals surface area contributed by atoms with Gasteiger partial charge in [0.25, 0.3) is 7.37 Å². The Bertz CT molecular complexity index is 583. The van der Waals surface area contributed by atoms with Crippen LogP contribution >= 0.6 is 19.0 Å². The van der Waals surface area contributed by atoms with Crippen molar-refractivity contribution < 1.29 is 14.2 Å². The highest BCUT2D eigenvalue weighted by atomic mass is 35.5. The molecule has 2 rings (SSSR count). The maximum atomic E-state index is 12.5. The zero-order valence-electron chi connectivity index (χ0n) is 10.4. The van der Waals surface area contributed by atoms with E-state index in [2.05, 4.69) is 0 Å². The minimum atomic E-state index is -3.66. The molecule has 0 bridgehead atoms. The second-order valence-electron chi connectivity index (χ2n) is 4.07. The first-order valence-corrected chi connectivity index (χ1v) is 7.88. The molecule has 19 heavy (non-hydrogen) atoms. The van der Waals surface area contributed by atoms with Crippen molar-refractivity contribution in [2.45, 2.75) is 5.12 Å². The van der Waals surface area contributed by atoms with E-state index in [9.17, 15) is 9.46 Å². The Morgan fingerprint density at radius 1 is 1.11 bits per heavy atom. The maximum Gasteiger partial charge on any atom is 0.251 e. The molecule has 0 saturated carbocycles. The molecule has 0 saturated heterocycles. The molecular weight excluding hydrogens is 283 g/mol. The van der Waals surface area contributed by atoms with E-state index in [1.165, 1.54) is 0 Å². The van der Waals surface area contributed by atoms with Crippen molar-refractivity contribution in [2.24, 2.45) is 0 Å². The minimum absolute atomic E-state index is 0.353. The van der Waals surface area contributed by atoms with Crippen molar-refractivity contribution in [1.82, 2.24) is 0 Å². The highest BCUT2D eigenvalue weighted by molar-refractivity contribution is 7.67. The summed E-state index contributed by atoms with van der Waals surface area (Å²) < 4.78 is 17.5. The van der Waals surface area contributed by atoms with Gasteiger partial charge in [-0.15, -0.1) is 11.6 Å². The van der Waals surface area contributed by atoms with Gasteiger partial charge in [0, 0.05) is 5.30 Å². The van der Waals surface area contributed by atoms with Crippen LogP contribution < -0.4 is 10.0 Å². The quantitative estimate of drug-likeness (QED) is 0.693. The van der Waals surface area contributed by atoms with Gasteiger partial charge >= 0.3 is 0 Å². The molecule has 0 fully saturated rings. The first-order valence-electron chi connectivity index (χ1n) is 5.72. The van der Waals surface area contributed by atoms with Gasteiger partial charge in [-0.25, -0.2) is 0 Å². The van der Waals surface area contributed by atoms with Gasteiger partial charge in [0.05, 0.1) is 7.11 Å². The van der Waals surface area contributed by atoms with Gasteiger partial charge in [-0.05, 0) is 29.8 Å². The second kappa shape index (κ2) is 5.79. The van der Waals surface area contributed by atoms with Crippen molar-refractivity contribution in [2.75, 3.05) is 7.11 Å². The summed E-state index contributed by atoms with van der Waals surface area (Å²) in [6, 6.07) is 15.3. The fraction of sp³-hybridized carbons (Fsp3) is 0.143. The summed E-state index contributed by atoms with van der Waals surface area (Å²) in [7, 11) is -2.09. The molecule has 0 aliphatic carbocycles. The first kappa shape index (κ1) is 14.1. The molecule has 3 nitrogen and oxygen atoms in total. The smallest absolute Gasteiger partial charge is 0.251 e. The lowest BCUT2D eigenvalue weighted by molar-refractivity contribution is 0.414. The van der Waals surface area contributed by atoms with Crippen LogP contribution in [0.15, 0.2) is 54.6 Å². The molecule has 0 aliphatic heterocycles. The molecule has 2 aromatic rings.